The van der Waals surface area contributed by atoms with E-state index in [1.54, 1.807) is 0 Å². The van der Waals surface area contributed by atoms with Crippen LogP contribution in [-0.4, -0.2) is 31.1 Å². The third-order valence-corrected chi connectivity index (χ3v) is 2.30. The van der Waals surface area contributed by atoms with Crippen molar-refractivity contribution in [3.05, 3.63) is 23.7 Å². The van der Waals surface area contributed by atoms with Gasteiger partial charge >= 0.3 is 5.97 Å². The van der Waals surface area contributed by atoms with Crippen molar-refractivity contribution >= 4 is 5.97 Å². The topological polar surface area (TPSA) is 42.7 Å². The molecular weight excluding hydrogens is 206 g/mol. The van der Waals surface area contributed by atoms with E-state index >= 15 is 0 Å². The normalized spacial score (nSPS) is 10.8. The van der Waals surface area contributed by atoms with Gasteiger partial charge in [-0.25, -0.2) is 0 Å². The van der Waals surface area contributed by atoms with Gasteiger partial charge in [-0.2, -0.15) is 0 Å². The number of furan rings is 1. The highest BCUT2D eigenvalue weighted by Crippen LogP contribution is 2.09. The number of ether oxygens (including phenoxy) is 1. The number of esters is 1. The summed E-state index contributed by atoms with van der Waals surface area (Å²) in [6, 6.07) is 3.87. The number of hydrogen-bond donors (Lipinski definition) is 0. The summed E-state index contributed by atoms with van der Waals surface area (Å²) in [6.07, 6.45) is 0.997. The van der Waals surface area contributed by atoms with Crippen LogP contribution in [0.1, 0.15) is 24.9 Å². The van der Waals surface area contributed by atoms with Crippen LogP contribution in [0.4, 0.5) is 0 Å². The third kappa shape index (κ3) is 4.06. The smallest absolute Gasteiger partial charge is 0.319 e. The number of rotatable bonds is 6. The van der Waals surface area contributed by atoms with E-state index in [-0.39, 0.29) is 5.97 Å². The maximum atomic E-state index is 11.2. The molecule has 1 heterocycles. The van der Waals surface area contributed by atoms with Crippen molar-refractivity contribution in [2.45, 2.75) is 26.8 Å². The zero-order valence-electron chi connectivity index (χ0n) is 10.2. The molecule has 0 radical (unpaired) electrons. The Morgan fingerprint density at radius 1 is 1.50 bits per heavy atom. The fourth-order valence-electron chi connectivity index (χ4n) is 1.57. The van der Waals surface area contributed by atoms with Crippen molar-refractivity contribution in [3.63, 3.8) is 0 Å². The molecule has 0 N–H and O–H groups in total. The number of aryl methyl sites for hydroxylation is 1. The lowest BCUT2D eigenvalue weighted by atomic mass is 10.3. The van der Waals surface area contributed by atoms with Crippen LogP contribution in [0.5, 0.6) is 0 Å². The average Bonchev–Trinajstić information content (AvgIpc) is 2.64. The minimum atomic E-state index is -0.211. The maximum Gasteiger partial charge on any atom is 0.319 e. The Bertz CT molecular complexity index is 333. The summed E-state index contributed by atoms with van der Waals surface area (Å²) < 4.78 is 10.1. The summed E-state index contributed by atoms with van der Waals surface area (Å²) in [5, 5.41) is 0. The van der Waals surface area contributed by atoms with E-state index in [0.717, 1.165) is 24.5 Å². The first kappa shape index (κ1) is 12.8. The van der Waals surface area contributed by atoms with E-state index in [2.05, 4.69) is 11.7 Å². The van der Waals surface area contributed by atoms with Gasteiger partial charge in [0.15, 0.2) is 0 Å². The second-order valence-electron chi connectivity index (χ2n) is 3.80. The van der Waals surface area contributed by atoms with E-state index in [4.69, 9.17) is 4.42 Å². The van der Waals surface area contributed by atoms with Crippen molar-refractivity contribution < 1.29 is 13.9 Å². The first-order valence-electron chi connectivity index (χ1n) is 5.50. The highest BCUT2D eigenvalue weighted by Gasteiger charge is 2.12. The fourth-order valence-corrected chi connectivity index (χ4v) is 1.57. The van der Waals surface area contributed by atoms with Gasteiger partial charge in [0, 0.05) is 0 Å². The number of nitrogens with zero attached hydrogens (tertiary/aromatic N) is 1. The molecule has 1 aromatic heterocycles. The van der Waals surface area contributed by atoms with E-state index in [1.807, 2.05) is 24.0 Å². The van der Waals surface area contributed by atoms with Crippen molar-refractivity contribution in [1.82, 2.24) is 4.90 Å². The van der Waals surface area contributed by atoms with Crippen LogP contribution in [-0.2, 0) is 16.1 Å². The Balaban J connectivity index is 2.53. The van der Waals surface area contributed by atoms with Crippen LogP contribution < -0.4 is 0 Å². The minimum Gasteiger partial charge on any atom is -0.468 e. The van der Waals surface area contributed by atoms with E-state index in [0.29, 0.717) is 13.1 Å². The lowest BCUT2D eigenvalue weighted by Crippen LogP contribution is -2.30. The summed E-state index contributed by atoms with van der Waals surface area (Å²) in [5.41, 5.74) is 0. The zero-order chi connectivity index (χ0) is 12.0. The first-order chi connectivity index (χ1) is 7.65. The number of methoxy groups -OCH3 is 1. The summed E-state index contributed by atoms with van der Waals surface area (Å²) in [5.74, 6) is 1.57. The molecule has 0 aliphatic heterocycles. The molecule has 0 bridgehead atoms. The first-order valence-corrected chi connectivity index (χ1v) is 5.50. The Labute approximate surface area is 96.2 Å². The zero-order valence-corrected chi connectivity index (χ0v) is 10.2. The molecule has 0 saturated heterocycles. The Morgan fingerprint density at radius 2 is 2.25 bits per heavy atom. The maximum absolute atomic E-state index is 11.2. The lowest BCUT2D eigenvalue weighted by molar-refractivity contribution is -0.142. The highest BCUT2D eigenvalue weighted by atomic mass is 16.5. The molecule has 16 heavy (non-hydrogen) atoms. The largest absolute Gasteiger partial charge is 0.468 e. The molecule has 4 nitrogen and oxygen atoms in total. The van der Waals surface area contributed by atoms with Gasteiger partial charge in [-0.1, -0.05) is 6.92 Å². The lowest BCUT2D eigenvalue weighted by Gasteiger charge is -2.18. The Hall–Kier alpha value is -1.29. The van der Waals surface area contributed by atoms with Crippen LogP contribution in [0.15, 0.2) is 16.5 Å². The molecule has 0 spiro atoms. The summed E-state index contributed by atoms with van der Waals surface area (Å²) in [7, 11) is 1.41. The molecule has 1 aromatic rings. The molecule has 0 amide bonds. The van der Waals surface area contributed by atoms with Gasteiger partial charge in [0.25, 0.3) is 0 Å². The SMILES string of the molecule is CCCN(CC(=O)OC)Cc1ccc(C)o1. The molecule has 0 aliphatic carbocycles. The molecular formula is C12H19NO3. The molecule has 4 heteroatoms. The second kappa shape index (κ2) is 6.33. The van der Waals surface area contributed by atoms with Gasteiger partial charge < -0.3 is 9.15 Å². The standard InChI is InChI=1S/C12H19NO3/c1-4-7-13(9-12(14)15-3)8-11-6-5-10(2)16-11/h5-6H,4,7-9H2,1-3H3. The van der Waals surface area contributed by atoms with Gasteiger partial charge in [0.1, 0.15) is 11.5 Å². The Morgan fingerprint density at radius 3 is 2.75 bits per heavy atom. The molecule has 0 aliphatic rings. The van der Waals surface area contributed by atoms with Crippen molar-refractivity contribution in [1.29, 1.82) is 0 Å². The van der Waals surface area contributed by atoms with Gasteiger partial charge in [-0.05, 0) is 32.0 Å². The Kier molecular flexibility index (Phi) is 5.05. The molecule has 1 rings (SSSR count). The fraction of sp³-hybridized carbons (Fsp3) is 0.583. The van der Waals surface area contributed by atoms with E-state index < -0.39 is 0 Å². The molecule has 0 atom stereocenters. The highest BCUT2D eigenvalue weighted by molar-refractivity contribution is 5.71. The van der Waals surface area contributed by atoms with Crippen LogP contribution in [0, 0.1) is 6.92 Å². The second-order valence-corrected chi connectivity index (χ2v) is 3.80. The summed E-state index contributed by atoms with van der Waals surface area (Å²) in [6.45, 7) is 5.81. The van der Waals surface area contributed by atoms with Crippen molar-refractivity contribution in [2.75, 3.05) is 20.2 Å². The van der Waals surface area contributed by atoms with Crippen molar-refractivity contribution in [3.8, 4) is 0 Å². The minimum absolute atomic E-state index is 0.211. The quantitative estimate of drug-likeness (QED) is 0.694. The number of carbonyl (C=O) groups is 1. The van der Waals surface area contributed by atoms with Crippen molar-refractivity contribution in [2.24, 2.45) is 0 Å². The van der Waals surface area contributed by atoms with Gasteiger partial charge in [-0.3, -0.25) is 9.69 Å². The summed E-state index contributed by atoms with van der Waals surface area (Å²) in [4.78, 5) is 13.2. The predicted octanol–water partition coefficient (Wildman–Crippen LogP) is 1.97. The van der Waals surface area contributed by atoms with Gasteiger partial charge in [0.05, 0.1) is 20.2 Å². The monoisotopic (exact) mass is 225 g/mol. The number of carbonyl (C=O) groups excluding carboxylic acids is 1. The summed E-state index contributed by atoms with van der Waals surface area (Å²) >= 11 is 0. The molecule has 0 unspecified atom stereocenters. The van der Waals surface area contributed by atoms with Crippen LogP contribution in [0.3, 0.4) is 0 Å². The van der Waals surface area contributed by atoms with E-state index in [1.165, 1.54) is 7.11 Å². The van der Waals surface area contributed by atoms with Gasteiger partial charge in [0.2, 0.25) is 0 Å². The predicted molar refractivity (Wildman–Crippen MR) is 61.0 cm³/mol. The van der Waals surface area contributed by atoms with Crippen LogP contribution in [0.25, 0.3) is 0 Å². The van der Waals surface area contributed by atoms with Crippen LogP contribution in [0.2, 0.25) is 0 Å². The van der Waals surface area contributed by atoms with Crippen LogP contribution >= 0.6 is 0 Å². The van der Waals surface area contributed by atoms with Gasteiger partial charge in [-0.15, -0.1) is 0 Å². The average molecular weight is 225 g/mol. The molecule has 90 valence electrons. The number of hydrogen-bond acceptors (Lipinski definition) is 4. The third-order valence-electron chi connectivity index (χ3n) is 2.30. The molecule has 0 saturated carbocycles. The molecule has 0 fully saturated rings. The van der Waals surface area contributed by atoms with E-state index in [9.17, 15) is 4.79 Å². The molecule has 0 aromatic carbocycles.